The molecule has 1 unspecified atom stereocenters. The molecule has 4 nitrogen and oxygen atoms in total. The Hall–Kier alpha value is -1.28. The molecule has 0 aliphatic carbocycles. The number of fused-ring (bicyclic) bond motifs is 1. The van der Waals surface area contributed by atoms with Gasteiger partial charge in [-0.2, -0.15) is 13.2 Å². The summed E-state index contributed by atoms with van der Waals surface area (Å²) in [6.45, 7) is 0. The molecule has 18 heavy (non-hydrogen) atoms. The standard InChI is InChI=1S/C10H8BrF3N2O2/c11-5-2-7-6(15-9(18)16-7)1-4(5)8(17)3-10(12,13)14/h1-2,8,17H,3H2,(H2,15,16,18). The summed E-state index contributed by atoms with van der Waals surface area (Å²) in [5, 5.41) is 9.55. The molecule has 0 aliphatic rings. The number of imidazole rings is 1. The first kappa shape index (κ1) is 13.2. The van der Waals surface area contributed by atoms with E-state index in [1.807, 2.05) is 0 Å². The lowest BCUT2D eigenvalue weighted by molar-refractivity contribution is -0.154. The minimum absolute atomic E-state index is 0.0788. The fraction of sp³-hybridized carbons (Fsp3) is 0.300. The molecule has 0 fully saturated rings. The third-order valence-corrected chi connectivity index (χ3v) is 3.10. The monoisotopic (exact) mass is 324 g/mol. The zero-order valence-corrected chi connectivity index (χ0v) is 10.4. The first-order valence-electron chi connectivity index (χ1n) is 4.92. The van der Waals surface area contributed by atoms with Crippen molar-refractivity contribution in [3.63, 3.8) is 0 Å². The smallest absolute Gasteiger partial charge is 0.388 e. The first-order chi connectivity index (χ1) is 8.26. The van der Waals surface area contributed by atoms with E-state index >= 15 is 0 Å². The van der Waals surface area contributed by atoms with Crippen LogP contribution in [0.3, 0.4) is 0 Å². The number of aromatic amines is 2. The molecule has 0 radical (unpaired) electrons. The molecule has 98 valence electrons. The highest BCUT2D eigenvalue weighted by Crippen LogP contribution is 2.34. The number of halogens is 4. The fourth-order valence-electron chi connectivity index (χ4n) is 1.66. The number of H-pyrrole nitrogens is 2. The van der Waals surface area contributed by atoms with Crippen LogP contribution in [0.5, 0.6) is 0 Å². The van der Waals surface area contributed by atoms with Crippen LogP contribution in [0, 0.1) is 0 Å². The van der Waals surface area contributed by atoms with Gasteiger partial charge in [-0.25, -0.2) is 4.79 Å². The van der Waals surface area contributed by atoms with Gasteiger partial charge >= 0.3 is 11.9 Å². The zero-order chi connectivity index (χ0) is 13.5. The number of aliphatic hydroxyl groups is 1. The van der Waals surface area contributed by atoms with Gasteiger partial charge < -0.3 is 15.1 Å². The highest BCUT2D eigenvalue weighted by Gasteiger charge is 2.32. The summed E-state index contributed by atoms with van der Waals surface area (Å²) in [5.41, 5.74) is 0.420. The maximum atomic E-state index is 12.2. The van der Waals surface area contributed by atoms with Crippen molar-refractivity contribution in [1.29, 1.82) is 0 Å². The Morgan fingerprint density at radius 3 is 2.39 bits per heavy atom. The molecular weight excluding hydrogens is 317 g/mol. The predicted molar refractivity (Wildman–Crippen MR) is 62.3 cm³/mol. The Kier molecular flexibility index (Phi) is 3.24. The number of rotatable bonds is 2. The van der Waals surface area contributed by atoms with Crippen molar-refractivity contribution in [2.75, 3.05) is 0 Å². The molecule has 8 heteroatoms. The highest BCUT2D eigenvalue weighted by atomic mass is 79.9. The third-order valence-electron chi connectivity index (χ3n) is 2.42. The maximum absolute atomic E-state index is 12.2. The lowest BCUT2D eigenvalue weighted by Gasteiger charge is -2.15. The number of hydrogen-bond acceptors (Lipinski definition) is 2. The normalized spacial score (nSPS) is 14.1. The Balaban J connectivity index is 2.44. The summed E-state index contributed by atoms with van der Waals surface area (Å²) in [5.74, 6) is 0. The van der Waals surface area contributed by atoms with Crippen LogP contribution < -0.4 is 5.69 Å². The summed E-state index contributed by atoms with van der Waals surface area (Å²) < 4.78 is 36.9. The Bertz CT molecular complexity index is 632. The van der Waals surface area contributed by atoms with Crippen molar-refractivity contribution in [3.05, 3.63) is 32.7 Å². The van der Waals surface area contributed by atoms with Gasteiger partial charge in [0.1, 0.15) is 0 Å². The van der Waals surface area contributed by atoms with Crippen molar-refractivity contribution in [2.24, 2.45) is 0 Å². The number of aliphatic hydroxyl groups excluding tert-OH is 1. The number of nitrogens with one attached hydrogen (secondary N) is 2. The van der Waals surface area contributed by atoms with Gasteiger partial charge in [-0.3, -0.25) is 0 Å². The van der Waals surface area contributed by atoms with Gasteiger partial charge in [0.05, 0.1) is 23.6 Å². The van der Waals surface area contributed by atoms with E-state index in [2.05, 4.69) is 25.9 Å². The molecule has 0 saturated heterocycles. The molecule has 3 N–H and O–H groups in total. The second-order valence-corrected chi connectivity index (χ2v) is 4.69. The summed E-state index contributed by atoms with van der Waals surface area (Å²) in [6, 6.07) is 2.76. The molecule has 1 aromatic heterocycles. The average molecular weight is 325 g/mol. The summed E-state index contributed by atoms with van der Waals surface area (Å²) in [7, 11) is 0. The molecule has 0 bridgehead atoms. The molecule has 0 amide bonds. The minimum atomic E-state index is -4.46. The van der Waals surface area contributed by atoms with E-state index in [0.717, 1.165) is 0 Å². The highest BCUT2D eigenvalue weighted by molar-refractivity contribution is 9.10. The summed E-state index contributed by atoms with van der Waals surface area (Å²) in [4.78, 5) is 15.9. The molecule has 0 saturated carbocycles. The Morgan fingerprint density at radius 1 is 1.28 bits per heavy atom. The Morgan fingerprint density at radius 2 is 1.83 bits per heavy atom. The quantitative estimate of drug-likeness (QED) is 0.794. The lowest BCUT2D eigenvalue weighted by atomic mass is 10.1. The Labute approximate surface area is 107 Å². The zero-order valence-electron chi connectivity index (χ0n) is 8.81. The number of alkyl halides is 3. The first-order valence-corrected chi connectivity index (χ1v) is 5.72. The van der Waals surface area contributed by atoms with Gasteiger partial charge in [-0.05, 0) is 17.7 Å². The third kappa shape index (κ3) is 2.75. The van der Waals surface area contributed by atoms with E-state index in [1.54, 1.807) is 0 Å². The number of aromatic nitrogens is 2. The van der Waals surface area contributed by atoms with Gasteiger partial charge in [0.15, 0.2) is 0 Å². The van der Waals surface area contributed by atoms with Crippen LogP contribution >= 0.6 is 15.9 Å². The van der Waals surface area contributed by atoms with Gasteiger partial charge in [-0.1, -0.05) is 15.9 Å². The predicted octanol–water partition coefficient (Wildman–Crippen LogP) is 2.60. The molecule has 1 atom stereocenters. The largest absolute Gasteiger partial charge is 0.391 e. The van der Waals surface area contributed by atoms with E-state index in [0.29, 0.717) is 15.5 Å². The number of hydrogen-bond donors (Lipinski definition) is 3. The topological polar surface area (TPSA) is 68.9 Å². The molecule has 1 aromatic carbocycles. The second-order valence-electron chi connectivity index (χ2n) is 3.83. The van der Waals surface area contributed by atoms with E-state index in [-0.39, 0.29) is 5.56 Å². The van der Waals surface area contributed by atoms with Crippen molar-refractivity contribution in [1.82, 2.24) is 9.97 Å². The van der Waals surface area contributed by atoms with E-state index in [4.69, 9.17) is 0 Å². The van der Waals surface area contributed by atoms with Crippen LogP contribution in [0.25, 0.3) is 11.0 Å². The SMILES string of the molecule is O=c1[nH]c2cc(Br)c(C(O)CC(F)(F)F)cc2[nH]1. The van der Waals surface area contributed by atoms with Crippen LogP contribution in [0.4, 0.5) is 13.2 Å². The second kappa shape index (κ2) is 4.43. The van der Waals surface area contributed by atoms with Crippen molar-refractivity contribution >= 4 is 27.0 Å². The molecule has 0 aliphatic heterocycles. The lowest BCUT2D eigenvalue weighted by Crippen LogP contribution is -2.13. The minimum Gasteiger partial charge on any atom is -0.388 e. The van der Waals surface area contributed by atoms with Gasteiger partial charge in [-0.15, -0.1) is 0 Å². The van der Waals surface area contributed by atoms with Crippen LogP contribution in [0.1, 0.15) is 18.1 Å². The summed E-state index contributed by atoms with van der Waals surface area (Å²) in [6.07, 6.45) is -7.48. The van der Waals surface area contributed by atoms with Gasteiger partial charge in [0.25, 0.3) is 0 Å². The van der Waals surface area contributed by atoms with Crippen LogP contribution in [0.2, 0.25) is 0 Å². The van der Waals surface area contributed by atoms with Crippen LogP contribution in [-0.4, -0.2) is 21.3 Å². The van der Waals surface area contributed by atoms with Crippen molar-refractivity contribution in [3.8, 4) is 0 Å². The van der Waals surface area contributed by atoms with Gasteiger partial charge in [0, 0.05) is 4.47 Å². The van der Waals surface area contributed by atoms with Crippen molar-refractivity contribution in [2.45, 2.75) is 18.7 Å². The molecule has 0 spiro atoms. The van der Waals surface area contributed by atoms with E-state index in [9.17, 15) is 23.1 Å². The van der Waals surface area contributed by atoms with Crippen LogP contribution in [0.15, 0.2) is 21.4 Å². The van der Waals surface area contributed by atoms with E-state index < -0.39 is 24.4 Å². The van der Waals surface area contributed by atoms with E-state index in [1.165, 1.54) is 12.1 Å². The fourth-order valence-corrected chi connectivity index (χ4v) is 2.26. The molecule has 1 heterocycles. The summed E-state index contributed by atoms with van der Waals surface area (Å²) >= 11 is 3.07. The van der Waals surface area contributed by atoms with Crippen molar-refractivity contribution < 1.29 is 18.3 Å². The molecular formula is C10H8BrF3N2O2. The maximum Gasteiger partial charge on any atom is 0.391 e. The molecule has 2 rings (SSSR count). The molecule has 2 aromatic rings. The average Bonchev–Trinajstić information content (AvgIpc) is 2.53. The van der Waals surface area contributed by atoms with Crippen LogP contribution in [-0.2, 0) is 0 Å². The number of benzene rings is 1. The van der Waals surface area contributed by atoms with Gasteiger partial charge in [0.2, 0.25) is 0 Å².